The van der Waals surface area contributed by atoms with Crippen LogP contribution in [0.1, 0.15) is 62.8 Å². The Kier molecular flexibility index (Phi) is 7.33. The third-order valence-corrected chi connectivity index (χ3v) is 6.15. The summed E-state index contributed by atoms with van der Waals surface area (Å²) in [4.78, 5) is 36.9. The first kappa shape index (κ1) is 27.3. The molecule has 4 rings (SSSR count). The van der Waals surface area contributed by atoms with Gasteiger partial charge in [0.15, 0.2) is 0 Å². The number of nitrogens with zero attached hydrogens (tertiary/aromatic N) is 3. The van der Waals surface area contributed by atoms with E-state index in [4.69, 9.17) is 14.2 Å². The van der Waals surface area contributed by atoms with Crippen LogP contribution < -0.4 is 10.6 Å². The summed E-state index contributed by atoms with van der Waals surface area (Å²) >= 11 is 0. The van der Waals surface area contributed by atoms with Crippen LogP contribution in [0.2, 0.25) is 0 Å². The Labute approximate surface area is 217 Å². The number of fused-ring (bicyclic) bond motifs is 1. The minimum atomic E-state index is -2.82. The molecule has 3 unspecified atom stereocenters. The van der Waals surface area contributed by atoms with Crippen LogP contribution in [0.15, 0.2) is 35.6 Å². The summed E-state index contributed by atoms with van der Waals surface area (Å²) in [6, 6.07) is 3.77. The van der Waals surface area contributed by atoms with Crippen molar-refractivity contribution in [2.75, 3.05) is 11.9 Å². The summed E-state index contributed by atoms with van der Waals surface area (Å²) < 4.78 is 57.8. The number of anilines is 1. The van der Waals surface area contributed by atoms with E-state index >= 15 is 4.39 Å². The number of benzene rings is 1. The molecule has 1 aromatic heterocycles. The number of hydrogen-bond donors (Lipinski definition) is 2. The van der Waals surface area contributed by atoms with Gasteiger partial charge in [-0.3, -0.25) is 9.78 Å². The van der Waals surface area contributed by atoms with Crippen molar-refractivity contribution in [3.63, 3.8) is 0 Å². The zero-order valence-corrected chi connectivity index (χ0v) is 21.4. The van der Waals surface area contributed by atoms with Gasteiger partial charge in [0.2, 0.25) is 0 Å². The van der Waals surface area contributed by atoms with Crippen molar-refractivity contribution in [3.05, 3.63) is 53.4 Å². The van der Waals surface area contributed by atoms with Crippen molar-refractivity contribution in [1.82, 2.24) is 15.3 Å². The molecule has 2 N–H and O–H groups in total. The highest BCUT2D eigenvalue weighted by Crippen LogP contribution is 2.48. The van der Waals surface area contributed by atoms with E-state index in [0.717, 1.165) is 12.4 Å². The van der Waals surface area contributed by atoms with Crippen molar-refractivity contribution in [2.24, 2.45) is 10.9 Å². The van der Waals surface area contributed by atoms with Crippen molar-refractivity contribution in [1.29, 1.82) is 0 Å². The number of rotatable bonds is 4. The van der Waals surface area contributed by atoms with Crippen LogP contribution in [0.25, 0.3) is 0 Å². The maximum atomic E-state index is 15.4. The summed E-state index contributed by atoms with van der Waals surface area (Å²) in [6.45, 7) is 8.69. The van der Waals surface area contributed by atoms with Crippen LogP contribution >= 0.6 is 0 Å². The van der Waals surface area contributed by atoms with Crippen molar-refractivity contribution < 1.29 is 37.0 Å². The molecule has 204 valence electrons. The van der Waals surface area contributed by atoms with E-state index in [1.807, 2.05) is 6.92 Å². The number of carbonyl (C=O) groups is 2. The Morgan fingerprint density at radius 3 is 2.50 bits per heavy atom. The lowest BCUT2D eigenvalue weighted by Gasteiger charge is -2.40. The normalized spacial score (nSPS) is 24.8. The standard InChI is InChI=1S/C25H28F3N5O5/c1-12-19-13(2)37-22(32-23(35)38-24(3,4)5)33-25(19,11-36-12)15-8-14(6-7-16(15)26)31-21(34)18-10-29-17(9-30-18)20(27)28/h6-10,12-13,19-20H,11H2,1-5H3,(H,31,34)(H,32,33,35)/t12?,13-,19?,25?/m1/s1. The van der Waals surface area contributed by atoms with Gasteiger partial charge in [-0.2, -0.15) is 0 Å². The zero-order chi connectivity index (χ0) is 27.8. The van der Waals surface area contributed by atoms with Crippen LogP contribution in [-0.4, -0.2) is 52.4 Å². The van der Waals surface area contributed by atoms with Gasteiger partial charge in [-0.15, -0.1) is 0 Å². The predicted molar refractivity (Wildman–Crippen MR) is 129 cm³/mol. The van der Waals surface area contributed by atoms with E-state index in [9.17, 15) is 18.4 Å². The van der Waals surface area contributed by atoms with Crippen LogP contribution in [-0.2, 0) is 19.7 Å². The number of aromatic nitrogens is 2. The smallest absolute Gasteiger partial charge is 0.415 e. The largest absolute Gasteiger partial charge is 0.461 e. The quantitative estimate of drug-likeness (QED) is 0.597. The van der Waals surface area contributed by atoms with E-state index in [-0.39, 0.29) is 35.7 Å². The lowest BCUT2D eigenvalue weighted by atomic mass is 9.75. The number of nitrogens with one attached hydrogen (secondary N) is 2. The summed E-state index contributed by atoms with van der Waals surface area (Å²) in [6.07, 6.45) is -2.76. The van der Waals surface area contributed by atoms with Gasteiger partial charge in [-0.1, -0.05) is 0 Å². The van der Waals surface area contributed by atoms with Gasteiger partial charge in [0.1, 0.15) is 34.4 Å². The molecule has 2 amide bonds. The van der Waals surface area contributed by atoms with Crippen LogP contribution in [0.5, 0.6) is 0 Å². The molecule has 1 saturated heterocycles. The van der Waals surface area contributed by atoms with Gasteiger partial charge in [-0.25, -0.2) is 33.3 Å². The first-order valence-electron chi connectivity index (χ1n) is 11.9. The summed E-state index contributed by atoms with van der Waals surface area (Å²) in [5.41, 5.74) is -2.49. The molecule has 0 spiro atoms. The second kappa shape index (κ2) is 10.2. The second-order valence-electron chi connectivity index (χ2n) is 10.1. The Morgan fingerprint density at radius 2 is 1.87 bits per heavy atom. The third kappa shape index (κ3) is 5.57. The first-order chi connectivity index (χ1) is 17.8. The summed E-state index contributed by atoms with van der Waals surface area (Å²) in [7, 11) is 0. The third-order valence-electron chi connectivity index (χ3n) is 6.15. The molecule has 2 aliphatic heterocycles. The van der Waals surface area contributed by atoms with Crippen LogP contribution in [0.3, 0.4) is 0 Å². The number of hydrogen-bond acceptors (Lipinski definition) is 8. The molecule has 38 heavy (non-hydrogen) atoms. The molecular formula is C25H28F3N5O5. The van der Waals surface area contributed by atoms with Crippen molar-refractivity contribution >= 4 is 23.7 Å². The molecule has 4 atom stereocenters. The molecule has 2 aliphatic rings. The number of alkyl carbamates (subject to hydrolysis) is 1. The molecule has 0 aliphatic carbocycles. The second-order valence-corrected chi connectivity index (χ2v) is 10.1. The average Bonchev–Trinajstić information content (AvgIpc) is 3.16. The van der Waals surface area contributed by atoms with Crippen molar-refractivity contribution in [2.45, 2.75) is 64.4 Å². The molecule has 10 nitrogen and oxygen atoms in total. The van der Waals surface area contributed by atoms with Crippen LogP contribution in [0, 0.1) is 11.7 Å². The number of amidine groups is 1. The Morgan fingerprint density at radius 1 is 1.13 bits per heavy atom. The van der Waals surface area contributed by atoms with Gasteiger partial charge in [-0.05, 0) is 52.8 Å². The number of aliphatic imine (C=N–C) groups is 1. The van der Waals surface area contributed by atoms with Gasteiger partial charge < -0.3 is 19.5 Å². The van der Waals surface area contributed by atoms with Gasteiger partial charge in [0.25, 0.3) is 18.4 Å². The van der Waals surface area contributed by atoms with Crippen LogP contribution in [0.4, 0.5) is 23.7 Å². The molecule has 2 aromatic rings. The zero-order valence-electron chi connectivity index (χ0n) is 21.4. The minimum absolute atomic E-state index is 0.0130. The number of ether oxygens (including phenoxy) is 3. The van der Waals surface area contributed by atoms with E-state index in [2.05, 4.69) is 25.6 Å². The fraction of sp³-hybridized carbons (Fsp3) is 0.480. The highest BCUT2D eigenvalue weighted by atomic mass is 19.3. The highest BCUT2D eigenvalue weighted by Gasteiger charge is 2.56. The Hall–Kier alpha value is -3.74. The molecule has 0 saturated carbocycles. The highest BCUT2D eigenvalue weighted by molar-refractivity contribution is 6.02. The maximum absolute atomic E-state index is 15.4. The lowest BCUT2D eigenvalue weighted by Crippen LogP contribution is -2.51. The topological polar surface area (TPSA) is 124 Å². The Bertz CT molecular complexity index is 1250. The SMILES string of the molecule is CC1OCC2(c3cc(NC(=O)c4cnc(C(F)F)cn4)ccc3F)N=C(NC(=O)OC(C)(C)C)O[C@H](C)C12. The monoisotopic (exact) mass is 535 g/mol. The van der Waals surface area contributed by atoms with Gasteiger partial charge in [0.05, 0.1) is 31.0 Å². The molecule has 3 heterocycles. The molecule has 0 bridgehead atoms. The number of halogens is 3. The van der Waals surface area contributed by atoms with E-state index in [1.165, 1.54) is 18.2 Å². The fourth-order valence-electron chi connectivity index (χ4n) is 4.64. The molecule has 0 radical (unpaired) electrons. The molecule has 13 heteroatoms. The maximum Gasteiger partial charge on any atom is 0.415 e. The predicted octanol–water partition coefficient (Wildman–Crippen LogP) is 4.34. The Balaban J connectivity index is 1.66. The molecular weight excluding hydrogens is 507 g/mol. The molecule has 1 aromatic carbocycles. The number of alkyl halides is 2. The minimum Gasteiger partial charge on any atom is -0.461 e. The number of amides is 2. The number of carbonyl (C=O) groups excluding carboxylic acids is 2. The van der Waals surface area contributed by atoms with Crippen molar-refractivity contribution in [3.8, 4) is 0 Å². The summed E-state index contributed by atoms with van der Waals surface area (Å²) in [5.74, 6) is -1.77. The first-order valence-corrected chi connectivity index (χ1v) is 11.9. The average molecular weight is 536 g/mol. The summed E-state index contributed by atoms with van der Waals surface area (Å²) in [5, 5.41) is 5.05. The van der Waals surface area contributed by atoms with Gasteiger partial charge >= 0.3 is 6.09 Å². The van der Waals surface area contributed by atoms with E-state index in [0.29, 0.717) is 0 Å². The molecule has 1 fully saturated rings. The fourth-order valence-corrected chi connectivity index (χ4v) is 4.64. The van der Waals surface area contributed by atoms with E-state index < -0.39 is 53.1 Å². The van der Waals surface area contributed by atoms with Gasteiger partial charge in [0, 0.05) is 11.3 Å². The van der Waals surface area contributed by atoms with E-state index in [1.54, 1.807) is 27.7 Å². The lowest BCUT2D eigenvalue weighted by molar-refractivity contribution is 0.0332.